The van der Waals surface area contributed by atoms with E-state index in [1.807, 2.05) is 5.32 Å². The van der Waals surface area contributed by atoms with E-state index in [-0.39, 0.29) is 29.6 Å². The van der Waals surface area contributed by atoms with Crippen LogP contribution in [0.2, 0.25) is 10.0 Å². The Morgan fingerprint density at radius 2 is 1.62 bits per heavy atom. The molecule has 0 radical (unpaired) electrons. The molecule has 2 N–H and O–H groups in total. The molecule has 2 aliphatic heterocycles. The van der Waals surface area contributed by atoms with Gasteiger partial charge in [0, 0.05) is 35.4 Å². The summed E-state index contributed by atoms with van der Waals surface area (Å²) in [4.78, 5) is 27.4. The van der Waals surface area contributed by atoms with Crippen LogP contribution in [0.5, 0.6) is 5.75 Å². The van der Waals surface area contributed by atoms with E-state index in [4.69, 9.17) is 27.9 Å². The first-order valence-electron chi connectivity index (χ1n) is 12.0. The number of nitrogens with one attached hydrogen (secondary N) is 2. The van der Waals surface area contributed by atoms with Crippen LogP contribution in [0.25, 0.3) is 0 Å². The van der Waals surface area contributed by atoms with Crippen LogP contribution in [0.3, 0.4) is 0 Å². The van der Waals surface area contributed by atoms with Crippen LogP contribution in [-0.2, 0) is 4.79 Å². The molecule has 200 valence electrons. The minimum absolute atomic E-state index is 0.0228. The van der Waals surface area contributed by atoms with Crippen molar-refractivity contribution in [1.29, 1.82) is 0 Å². The van der Waals surface area contributed by atoms with Crippen LogP contribution >= 0.6 is 23.2 Å². The summed E-state index contributed by atoms with van der Waals surface area (Å²) in [5.74, 6) is -0.551. The largest absolute Gasteiger partial charge is 0.478 e. The highest BCUT2D eigenvalue weighted by Gasteiger charge is 2.42. The zero-order chi connectivity index (χ0) is 27.0. The third-order valence-corrected chi connectivity index (χ3v) is 7.50. The summed E-state index contributed by atoms with van der Waals surface area (Å²) in [7, 11) is 0. The van der Waals surface area contributed by atoms with Gasteiger partial charge in [0.2, 0.25) is 0 Å². The Morgan fingerprint density at radius 3 is 2.19 bits per heavy atom. The molecule has 2 amide bonds. The molecule has 2 aromatic rings. The second-order valence-corrected chi connectivity index (χ2v) is 10.8. The lowest BCUT2D eigenvalue weighted by Gasteiger charge is -2.41. The van der Waals surface area contributed by atoms with Crippen LogP contribution in [0.4, 0.5) is 18.9 Å². The molecule has 0 spiro atoms. The predicted molar refractivity (Wildman–Crippen MR) is 136 cm³/mol. The molecule has 0 unspecified atom stereocenters. The number of hydrogen-bond donors (Lipinski definition) is 2. The van der Waals surface area contributed by atoms with E-state index in [1.165, 1.54) is 12.1 Å². The van der Waals surface area contributed by atoms with E-state index in [9.17, 15) is 22.8 Å². The van der Waals surface area contributed by atoms with Gasteiger partial charge in [-0.15, -0.1) is 0 Å². The average molecular weight is 558 g/mol. The van der Waals surface area contributed by atoms with Gasteiger partial charge in [-0.1, -0.05) is 23.2 Å². The van der Waals surface area contributed by atoms with Gasteiger partial charge in [-0.25, -0.2) is 0 Å². The molecule has 0 aliphatic carbocycles. The zero-order valence-corrected chi connectivity index (χ0v) is 21.9. The number of nitrogens with zero attached hydrogens (tertiary/aromatic N) is 1. The third-order valence-electron chi connectivity index (χ3n) is 6.76. The van der Waals surface area contributed by atoms with Crippen LogP contribution < -0.4 is 20.3 Å². The maximum Gasteiger partial charge on any atom is 0.405 e. The Morgan fingerprint density at radius 1 is 1.00 bits per heavy atom. The Bertz CT molecular complexity index is 1140. The number of ether oxygens (including phenoxy) is 1. The summed E-state index contributed by atoms with van der Waals surface area (Å²) >= 11 is 12.0. The molecule has 2 heterocycles. The van der Waals surface area contributed by atoms with Crippen LogP contribution in [-0.4, -0.2) is 48.3 Å². The van der Waals surface area contributed by atoms with Crippen LogP contribution in [0.15, 0.2) is 42.5 Å². The molecule has 2 aromatic carbocycles. The number of rotatable bonds is 7. The number of amides is 2. The molecule has 3 atom stereocenters. The first-order valence-corrected chi connectivity index (χ1v) is 12.8. The molecule has 4 rings (SSSR count). The van der Waals surface area contributed by atoms with Crippen molar-refractivity contribution in [2.24, 2.45) is 0 Å². The summed E-state index contributed by atoms with van der Waals surface area (Å²) in [6.45, 7) is 2.02. The van der Waals surface area contributed by atoms with Gasteiger partial charge in [0.1, 0.15) is 12.3 Å². The second kappa shape index (κ2) is 10.6. The molecule has 6 nitrogen and oxygen atoms in total. The fraction of sp³-hybridized carbons (Fsp3) is 0.462. The molecule has 2 aliphatic rings. The summed E-state index contributed by atoms with van der Waals surface area (Å²) < 4.78 is 43.0. The number of piperidine rings is 1. The van der Waals surface area contributed by atoms with Gasteiger partial charge in [-0.3, -0.25) is 9.59 Å². The van der Waals surface area contributed by atoms with Gasteiger partial charge in [0.05, 0.1) is 10.0 Å². The summed E-state index contributed by atoms with van der Waals surface area (Å²) in [6.07, 6.45) is -1.03. The Hall–Kier alpha value is -2.65. The lowest BCUT2D eigenvalue weighted by atomic mass is 9.95. The molecular formula is C26H28Cl2F3N3O3. The van der Waals surface area contributed by atoms with Crippen molar-refractivity contribution in [1.82, 2.24) is 10.6 Å². The number of hydrogen-bond acceptors (Lipinski definition) is 4. The van der Waals surface area contributed by atoms with Crippen molar-refractivity contribution < 1.29 is 27.5 Å². The highest BCUT2D eigenvalue weighted by molar-refractivity contribution is 6.42. The van der Waals surface area contributed by atoms with Crippen LogP contribution in [0, 0.1) is 0 Å². The van der Waals surface area contributed by atoms with Gasteiger partial charge in [0.15, 0.2) is 5.60 Å². The standard InChI is InChI=1S/C26H28Cl2F3N3O3/c1-25(2,37-20-9-10-21(27)22(28)13-20)24(36)33-16-11-18-7-8-19(12-16)34(18)17-5-3-15(4-6-17)23(35)32-14-26(29,30)31/h3-6,9-10,13,16,18-19H,7-8,11-12,14H2,1-2H3,(H,32,35)(H,33,36)/t16-,18+,19-. The fourth-order valence-corrected chi connectivity index (χ4v) is 5.31. The highest BCUT2D eigenvalue weighted by atomic mass is 35.5. The minimum atomic E-state index is -4.46. The Labute approximate surface area is 223 Å². The highest BCUT2D eigenvalue weighted by Crippen LogP contribution is 2.39. The lowest BCUT2D eigenvalue weighted by molar-refractivity contribution is -0.135. The molecule has 2 bridgehead atoms. The number of carbonyl (C=O) groups excluding carboxylic acids is 2. The molecule has 2 saturated heterocycles. The summed E-state index contributed by atoms with van der Waals surface area (Å²) in [6, 6.07) is 11.8. The third kappa shape index (κ3) is 6.62. The quantitative estimate of drug-likeness (QED) is 0.454. The molecule has 0 aromatic heterocycles. The minimum Gasteiger partial charge on any atom is -0.478 e. The van der Waals surface area contributed by atoms with E-state index in [2.05, 4.69) is 10.2 Å². The number of halogens is 5. The molecule has 11 heteroatoms. The van der Waals surface area contributed by atoms with Gasteiger partial charge >= 0.3 is 6.18 Å². The molecule has 37 heavy (non-hydrogen) atoms. The first-order chi connectivity index (χ1) is 17.3. The van der Waals surface area contributed by atoms with E-state index < -0.39 is 24.2 Å². The topological polar surface area (TPSA) is 70.7 Å². The Kier molecular flexibility index (Phi) is 7.85. The number of carbonyl (C=O) groups is 2. The van der Waals surface area contributed by atoms with Crippen molar-refractivity contribution in [2.45, 2.75) is 69.4 Å². The Balaban J connectivity index is 1.35. The number of fused-ring (bicyclic) bond motifs is 2. The average Bonchev–Trinajstić information content (AvgIpc) is 3.09. The maximum atomic E-state index is 13.1. The molecular weight excluding hydrogens is 530 g/mol. The van der Waals surface area contributed by atoms with Gasteiger partial charge in [-0.2, -0.15) is 13.2 Å². The molecule has 0 saturated carbocycles. The van der Waals surface area contributed by atoms with Gasteiger partial charge < -0.3 is 20.3 Å². The SMILES string of the molecule is CC(C)(Oc1ccc(Cl)c(Cl)c1)C(=O)N[C@H]1C[C@H]2CC[C@@H](C1)N2c1ccc(C(=O)NCC(F)(F)F)cc1. The van der Waals surface area contributed by atoms with Crippen molar-refractivity contribution in [3.63, 3.8) is 0 Å². The fourth-order valence-electron chi connectivity index (χ4n) is 5.02. The predicted octanol–water partition coefficient (Wildman–Crippen LogP) is 5.76. The van der Waals surface area contributed by atoms with Crippen LogP contribution in [0.1, 0.15) is 49.9 Å². The number of alkyl halides is 3. The smallest absolute Gasteiger partial charge is 0.405 e. The van der Waals surface area contributed by atoms with E-state index in [0.717, 1.165) is 31.4 Å². The van der Waals surface area contributed by atoms with Gasteiger partial charge in [-0.05, 0) is 75.9 Å². The van der Waals surface area contributed by atoms with Crippen molar-refractivity contribution in [3.05, 3.63) is 58.1 Å². The van der Waals surface area contributed by atoms with Gasteiger partial charge in [0.25, 0.3) is 11.8 Å². The maximum absolute atomic E-state index is 13.1. The summed E-state index contributed by atoms with van der Waals surface area (Å²) in [5.41, 5.74) is -0.0461. The van der Waals surface area contributed by atoms with E-state index in [0.29, 0.717) is 15.8 Å². The van der Waals surface area contributed by atoms with E-state index in [1.54, 1.807) is 44.2 Å². The van der Waals surface area contributed by atoms with Crippen molar-refractivity contribution in [3.8, 4) is 5.75 Å². The first kappa shape index (κ1) is 27.4. The molecule has 2 fully saturated rings. The summed E-state index contributed by atoms with van der Waals surface area (Å²) in [5, 5.41) is 5.76. The number of benzene rings is 2. The normalized spacial score (nSPS) is 21.5. The van der Waals surface area contributed by atoms with E-state index >= 15 is 0 Å². The second-order valence-electron chi connectivity index (χ2n) is 9.97. The van der Waals surface area contributed by atoms with Crippen molar-refractivity contribution >= 4 is 40.7 Å². The number of anilines is 1. The lowest BCUT2D eigenvalue weighted by Crippen LogP contribution is -2.55. The zero-order valence-electron chi connectivity index (χ0n) is 20.4. The van der Waals surface area contributed by atoms with Crippen molar-refractivity contribution in [2.75, 3.05) is 11.4 Å². The monoisotopic (exact) mass is 557 g/mol.